The summed E-state index contributed by atoms with van der Waals surface area (Å²) >= 11 is 0. The fourth-order valence-electron chi connectivity index (χ4n) is 2.29. The summed E-state index contributed by atoms with van der Waals surface area (Å²) in [6.45, 7) is 1.06. The monoisotopic (exact) mass is 241 g/mol. The predicted molar refractivity (Wildman–Crippen MR) is 70.8 cm³/mol. The molecule has 0 unspecified atom stereocenters. The van der Waals surface area contributed by atoms with Gasteiger partial charge < -0.3 is 10.1 Å². The van der Waals surface area contributed by atoms with Gasteiger partial charge in [-0.2, -0.15) is 0 Å². The minimum absolute atomic E-state index is 0.571. The first-order valence-corrected chi connectivity index (χ1v) is 6.10. The van der Waals surface area contributed by atoms with Crippen molar-refractivity contribution in [1.29, 1.82) is 0 Å². The SMILES string of the molecule is COc1nccnc1-c1ccc2c(c1)CCCN2. The Balaban J connectivity index is 2.06. The number of aryl methyl sites for hydroxylation is 1. The van der Waals surface area contributed by atoms with Crippen molar-refractivity contribution in [1.82, 2.24) is 9.97 Å². The Morgan fingerprint density at radius 2 is 2.11 bits per heavy atom. The van der Waals surface area contributed by atoms with Crippen molar-refractivity contribution in [3.8, 4) is 17.1 Å². The highest BCUT2D eigenvalue weighted by Crippen LogP contribution is 2.30. The first-order chi connectivity index (χ1) is 8.88. The average Bonchev–Trinajstić information content (AvgIpc) is 2.46. The van der Waals surface area contributed by atoms with Gasteiger partial charge in [-0.3, -0.25) is 0 Å². The predicted octanol–water partition coefficient (Wildman–Crippen LogP) is 2.51. The smallest absolute Gasteiger partial charge is 0.240 e. The zero-order valence-electron chi connectivity index (χ0n) is 10.3. The Labute approximate surface area is 106 Å². The minimum atomic E-state index is 0.571. The summed E-state index contributed by atoms with van der Waals surface area (Å²) in [5.41, 5.74) is 4.43. The second-order valence-electron chi connectivity index (χ2n) is 4.32. The highest BCUT2D eigenvalue weighted by atomic mass is 16.5. The van der Waals surface area contributed by atoms with E-state index in [9.17, 15) is 0 Å². The first kappa shape index (κ1) is 11.0. The molecule has 0 fully saturated rings. The number of hydrogen-bond acceptors (Lipinski definition) is 4. The van der Waals surface area contributed by atoms with Crippen LogP contribution in [0, 0.1) is 0 Å². The summed E-state index contributed by atoms with van der Waals surface area (Å²) in [6.07, 6.45) is 5.62. The molecule has 1 aliphatic rings. The van der Waals surface area contributed by atoms with E-state index in [4.69, 9.17) is 4.74 Å². The number of aromatic nitrogens is 2. The van der Waals surface area contributed by atoms with E-state index in [1.54, 1.807) is 19.5 Å². The quantitative estimate of drug-likeness (QED) is 0.877. The lowest BCUT2D eigenvalue weighted by Crippen LogP contribution is -2.11. The van der Waals surface area contributed by atoms with Gasteiger partial charge in [0.1, 0.15) is 5.69 Å². The van der Waals surface area contributed by atoms with Gasteiger partial charge >= 0.3 is 0 Å². The molecule has 0 radical (unpaired) electrons. The Morgan fingerprint density at radius 3 is 3.00 bits per heavy atom. The lowest BCUT2D eigenvalue weighted by Gasteiger charge is -2.18. The van der Waals surface area contributed by atoms with Gasteiger partial charge in [-0.15, -0.1) is 0 Å². The molecule has 0 atom stereocenters. The zero-order chi connectivity index (χ0) is 12.4. The molecular weight excluding hydrogens is 226 g/mol. The fourth-order valence-corrected chi connectivity index (χ4v) is 2.29. The Morgan fingerprint density at radius 1 is 1.22 bits per heavy atom. The van der Waals surface area contributed by atoms with E-state index in [0.717, 1.165) is 24.2 Å². The maximum atomic E-state index is 5.25. The third kappa shape index (κ3) is 1.90. The normalized spacial score (nSPS) is 13.6. The van der Waals surface area contributed by atoms with Crippen molar-refractivity contribution in [2.24, 2.45) is 0 Å². The van der Waals surface area contributed by atoms with Crippen LogP contribution in [0.25, 0.3) is 11.3 Å². The number of anilines is 1. The van der Waals surface area contributed by atoms with Crippen LogP contribution in [0.2, 0.25) is 0 Å². The Bertz CT molecular complexity index is 569. The second kappa shape index (κ2) is 4.64. The van der Waals surface area contributed by atoms with Crippen LogP contribution in [-0.4, -0.2) is 23.6 Å². The molecule has 3 rings (SSSR count). The maximum absolute atomic E-state index is 5.25. The zero-order valence-corrected chi connectivity index (χ0v) is 10.3. The maximum Gasteiger partial charge on any atom is 0.240 e. The molecule has 1 aromatic carbocycles. The van der Waals surface area contributed by atoms with E-state index in [1.807, 2.05) is 0 Å². The third-order valence-electron chi connectivity index (χ3n) is 3.18. The minimum Gasteiger partial charge on any atom is -0.479 e. The summed E-state index contributed by atoms with van der Waals surface area (Å²) in [5.74, 6) is 0.571. The summed E-state index contributed by atoms with van der Waals surface area (Å²) in [4.78, 5) is 8.55. The number of nitrogens with one attached hydrogen (secondary N) is 1. The molecule has 18 heavy (non-hydrogen) atoms. The molecule has 4 heteroatoms. The largest absolute Gasteiger partial charge is 0.479 e. The molecule has 2 aromatic rings. The Hall–Kier alpha value is -2.10. The first-order valence-electron chi connectivity index (χ1n) is 6.10. The van der Waals surface area contributed by atoms with Crippen LogP contribution in [0.15, 0.2) is 30.6 Å². The van der Waals surface area contributed by atoms with Gasteiger partial charge in [-0.05, 0) is 30.5 Å². The molecule has 0 aliphatic carbocycles. The fraction of sp³-hybridized carbons (Fsp3) is 0.286. The topological polar surface area (TPSA) is 47.0 Å². The Kier molecular flexibility index (Phi) is 2.84. The van der Waals surface area contributed by atoms with Crippen LogP contribution in [0.4, 0.5) is 5.69 Å². The lowest BCUT2D eigenvalue weighted by molar-refractivity contribution is 0.398. The van der Waals surface area contributed by atoms with Crippen molar-refractivity contribution < 1.29 is 4.74 Å². The molecule has 1 aromatic heterocycles. The van der Waals surface area contributed by atoms with Crippen LogP contribution in [0.3, 0.4) is 0 Å². The summed E-state index contributed by atoms with van der Waals surface area (Å²) < 4.78 is 5.25. The van der Waals surface area contributed by atoms with Gasteiger partial charge in [0, 0.05) is 30.2 Å². The van der Waals surface area contributed by atoms with E-state index in [-0.39, 0.29) is 0 Å². The summed E-state index contributed by atoms with van der Waals surface area (Å²) in [7, 11) is 1.62. The van der Waals surface area contributed by atoms with Crippen LogP contribution in [-0.2, 0) is 6.42 Å². The number of rotatable bonds is 2. The van der Waals surface area contributed by atoms with Gasteiger partial charge in [0.05, 0.1) is 7.11 Å². The molecule has 0 saturated heterocycles. The molecule has 1 aliphatic heterocycles. The van der Waals surface area contributed by atoms with Crippen molar-refractivity contribution in [2.75, 3.05) is 19.0 Å². The molecule has 1 N–H and O–H groups in total. The van der Waals surface area contributed by atoms with E-state index in [2.05, 4.69) is 33.5 Å². The molecule has 4 nitrogen and oxygen atoms in total. The molecule has 0 amide bonds. The van der Waals surface area contributed by atoms with Gasteiger partial charge in [0.15, 0.2) is 0 Å². The number of ether oxygens (including phenoxy) is 1. The highest BCUT2D eigenvalue weighted by Gasteiger charge is 2.13. The third-order valence-corrected chi connectivity index (χ3v) is 3.18. The summed E-state index contributed by atoms with van der Waals surface area (Å²) in [6, 6.07) is 6.34. The van der Waals surface area contributed by atoms with Gasteiger partial charge in [0.25, 0.3) is 0 Å². The van der Waals surface area contributed by atoms with E-state index in [0.29, 0.717) is 5.88 Å². The van der Waals surface area contributed by atoms with Crippen LogP contribution < -0.4 is 10.1 Å². The summed E-state index contributed by atoms with van der Waals surface area (Å²) in [5, 5.41) is 3.40. The van der Waals surface area contributed by atoms with Crippen molar-refractivity contribution in [3.63, 3.8) is 0 Å². The number of hydrogen-bond donors (Lipinski definition) is 1. The van der Waals surface area contributed by atoms with Gasteiger partial charge in [-0.1, -0.05) is 6.07 Å². The number of nitrogens with zero attached hydrogens (tertiary/aromatic N) is 2. The molecule has 0 spiro atoms. The average molecular weight is 241 g/mol. The number of fused-ring (bicyclic) bond motifs is 1. The van der Waals surface area contributed by atoms with Crippen LogP contribution >= 0.6 is 0 Å². The number of methoxy groups -OCH3 is 1. The lowest BCUT2D eigenvalue weighted by atomic mass is 9.99. The van der Waals surface area contributed by atoms with Crippen LogP contribution in [0.5, 0.6) is 5.88 Å². The van der Waals surface area contributed by atoms with Crippen molar-refractivity contribution in [3.05, 3.63) is 36.2 Å². The standard InChI is InChI=1S/C14H15N3O/c1-18-14-13(16-7-8-17-14)11-4-5-12-10(9-11)3-2-6-15-12/h4-5,7-9,15H,2-3,6H2,1H3. The van der Waals surface area contributed by atoms with E-state index in [1.165, 1.54) is 17.7 Å². The van der Waals surface area contributed by atoms with Gasteiger partial charge in [0.2, 0.25) is 5.88 Å². The molecule has 2 heterocycles. The number of benzene rings is 1. The molecular formula is C14H15N3O. The van der Waals surface area contributed by atoms with Crippen molar-refractivity contribution >= 4 is 5.69 Å². The van der Waals surface area contributed by atoms with E-state index < -0.39 is 0 Å². The second-order valence-corrected chi connectivity index (χ2v) is 4.32. The van der Waals surface area contributed by atoms with Crippen LogP contribution in [0.1, 0.15) is 12.0 Å². The highest BCUT2D eigenvalue weighted by molar-refractivity contribution is 5.69. The van der Waals surface area contributed by atoms with E-state index >= 15 is 0 Å². The van der Waals surface area contributed by atoms with Gasteiger partial charge in [-0.25, -0.2) is 9.97 Å². The molecule has 0 bridgehead atoms. The molecule has 0 saturated carbocycles. The molecule has 92 valence electrons. The van der Waals surface area contributed by atoms with Crippen molar-refractivity contribution in [2.45, 2.75) is 12.8 Å².